The van der Waals surface area contributed by atoms with Gasteiger partial charge in [-0.2, -0.15) is 0 Å². The summed E-state index contributed by atoms with van der Waals surface area (Å²) in [5.41, 5.74) is 2.66. The fraction of sp³-hybridized carbons (Fsp3) is 0.200. The van der Waals surface area contributed by atoms with Gasteiger partial charge in [-0.1, -0.05) is 30.3 Å². The normalized spacial score (nSPS) is 16.1. The van der Waals surface area contributed by atoms with E-state index in [1.54, 1.807) is 17.0 Å². The Morgan fingerprint density at radius 3 is 2.68 bits per heavy atom. The summed E-state index contributed by atoms with van der Waals surface area (Å²) in [4.78, 5) is 25.9. The first-order valence-electron chi connectivity index (χ1n) is 8.05. The minimum atomic E-state index is -0.613. The Balaban J connectivity index is 1.57. The molecule has 1 heterocycles. The molecule has 1 aliphatic rings. The van der Waals surface area contributed by atoms with Crippen LogP contribution in [0.15, 0.2) is 54.6 Å². The standard InChI is InChI=1S/C20H18FNO3/c1-14-12-16-4-2-3-5-18(16)22(14)19(23)13-25-20(24)11-8-15-6-9-17(21)10-7-15/h2-11,14H,12-13H2,1H3/b11-8+/t14-/m1/s1. The minimum absolute atomic E-state index is 0.0401. The number of halogens is 1. The van der Waals surface area contributed by atoms with Crippen LogP contribution in [0.5, 0.6) is 0 Å². The number of benzene rings is 2. The molecule has 0 bridgehead atoms. The van der Waals surface area contributed by atoms with E-state index in [1.807, 2.05) is 31.2 Å². The highest BCUT2D eigenvalue weighted by Crippen LogP contribution is 2.31. The number of esters is 1. The third-order valence-corrected chi connectivity index (χ3v) is 4.10. The van der Waals surface area contributed by atoms with Crippen molar-refractivity contribution < 1.29 is 18.7 Å². The molecular weight excluding hydrogens is 321 g/mol. The zero-order valence-electron chi connectivity index (χ0n) is 13.8. The predicted molar refractivity (Wildman–Crippen MR) is 93.5 cm³/mol. The van der Waals surface area contributed by atoms with Crippen molar-refractivity contribution in [1.82, 2.24) is 0 Å². The largest absolute Gasteiger partial charge is 0.452 e. The van der Waals surface area contributed by atoms with Crippen LogP contribution in [0.4, 0.5) is 10.1 Å². The highest BCUT2D eigenvalue weighted by atomic mass is 19.1. The second-order valence-corrected chi connectivity index (χ2v) is 5.94. The Morgan fingerprint density at radius 1 is 1.20 bits per heavy atom. The Bertz CT molecular complexity index is 814. The second kappa shape index (κ2) is 7.30. The van der Waals surface area contributed by atoms with Crippen LogP contribution in [0.3, 0.4) is 0 Å². The van der Waals surface area contributed by atoms with Gasteiger partial charge in [-0.25, -0.2) is 9.18 Å². The molecule has 0 aromatic heterocycles. The monoisotopic (exact) mass is 339 g/mol. The quantitative estimate of drug-likeness (QED) is 0.634. The molecule has 4 nitrogen and oxygen atoms in total. The fourth-order valence-electron chi connectivity index (χ4n) is 2.93. The lowest BCUT2D eigenvalue weighted by Gasteiger charge is -2.22. The number of carbonyl (C=O) groups is 2. The number of fused-ring (bicyclic) bond motifs is 1. The van der Waals surface area contributed by atoms with Gasteiger partial charge in [0.05, 0.1) is 0 Å². The molecule has 0 saturated heterocycles. The van der Waals surface area contributed by atoms with Gasteiger partial charge < -0.3 is 9.64 Å². The molecule has 5 heteroatoms. The molecule has 2 aromatic carbocycles. The van der Waals surface area contributed by atoms with Gasteiger partial charge in [0.25, 0.3) is 5.91 Å². The molecule has 3 rings (SSSR count). The molecule has 0 saturated carbocycles. The molecule has 2 aromatic rings. The van der Waals surface area contributed by atoms with Crippen molar-refractivity contribution >= 4 is 23.6 Å². The van der Waals surface area contributed by atoms with Crippen LogP contribution in [0.1, 0.15) is 18.1 Å². The number of hydrogen-bond acceptors (Lipinski definition) is 3. The van der Waals surface area contributed by atoms with E-state index in [2.05, 4.69) is 0 Å². The van der Waals surface area contributed by atoms with E-state index in [9.17, 15) is 14.0 Å². The van der Waals surface area contributed by atoms with Crippen molar-refractivity contribution in [1.29, 1.82) is 0 Å². The van der Waals surface area contributed by atoms with Gasteiger partial charge in [-0.15, -0.1) is 0 Å². The van der Waals surface area contributed by atoms with Crippen LogP contribution < -0.4 is 4.90 Å². The molecule has 0 spiro atoms. The van der Waals surface area contributed by atoms with E-state index in [4.69, 9.17) is 4.74 Å². The maximum Gasteiger partial charge on any atom is 0.331 e. The average molecular weight is 339 g/mol. The summed E-state index contributed by atoms with van der Waals surface area (Å²) in [6, 6.07) is 13.5. The molecule has 0 fully saturated rings. The molecule has 1 amide bonds. The summed E-state index contributed by atoms with van der Waals surface area (Å²) in [6.45, 7) is 1.65. The highest BCUT2D eigenvalue weighted by molar-refractivity contribution is 5.98. The zero-order valence-corrected chi connectivity index (χ0v) is 13.8. The fourth-order valence-corrected chi connectivity index (χ4v) is 2.93. The first-order valence-corrected chi connectivity index (χ1v) is 8.05. The topological polar surface area (TPSA) is 46.6 Å². The molecule has 0 radical (unpaired) electrons. The van der Waals surface area contributed by atoms with Crippen LogP contribution in [-0.4, -0.2) is 24.5 Å². The van der Waals surface area contributed by atoms with Gasteiger partial charge in [0, 0.05) is 17.8 Å². The SMILES string of the molecule is C[C@@H]1Cc2ccccc2N1C(=O)COC(=O)/C=C/c1ccc(F)cc1. The summed E-state index contributed by atoms with van der Waals surface area (Å²) >= 11 is 0. The number of nitrogens with zero attached hydrogens (tertiary/aromatic N) is 1. The Labute approximate surface area is 145 Å². The molecule has 1 aliphatic heterocycles. The number of hydrogen-bond donors (Lipinski definition) is 0. The summed E-state index contributed by atoms with van der Waals surface area (Å²) in [6.07, 6.45) is 3.53. The minimum Gasteiger partial charge on any atom is -0.452 e. The van der Waals surface area contributed by atoms with Crippen LogP contribution in [0.25, 0.3) is 6.08 Å². The van der Waals surface area contributed by atoms with Gasteiger partial charge in [0.15, 0.2) is 6.61 Å². The highest BCUT2D eigenvalue weighted by Gasteiger charge is 2.30. The summed E-state index contributed by atoms with van der Waals surface area (Å²) in [5, 5.41) is 0. The van der Waals surface area contributed by atoms with Crippen molar-refractivity contribution in [3.63, 3.8) is 0 Å². The van der Waals surface area contributed by atoms with E-state index in [0.717, 1.165) is 17.7 Å². The molecule has 0 unspecified atom stereocenters. The van der Waals surface area contributed by atoms with E-state index in [-0.39, 0.29) is 24.4 Å². The first kappa shape index (κ1) is 16.9. The van der Waals surface area contributed by atoms with Crippen molar-refractivity contribution in [3.05, 3.63) is 71.6 Å². The Kier molecular flexibility index (Phi) is 4.93. The summed E-state index contributed by atoms with van der Waals surface area (Å²) < 4.78 is 17.9. The number of carbonyl (C=O) groups excluding carboxylic acids is 2. The summed E-state index contributed by atoms with van der Waals surface area (Å²) in [7, 11) is 0. The van der Waals surface area contributed by atoms with Crippen LogP contribution in [0.2, 0.25) is 0 Å². The van der Waals surface area contributed by atoms with Crippen molar-refractivity contribution in [3.8, 4) is 0 Å². The van der Waals surface area contributed by atoms with E-state index < -0.39 is 5.97 Å². The van der Waals surface area contributed by atoms with E-state index in [1.165, 1.54) is 24.3 Å². The molecule has 0 N–H and O–H groups in total. The van der Waals surface area contributed by atoms with Gasteiger partial charge >= 0.3 is 5.97 Å². The zero-order chi connectivity index (χ0) is 17.8. The third kappa shape index (κ3) is 3.94. The smallest absolute Gasteiger partial charge is 0.331 e. The number of anilines is 1. The van der Waals surface area contributed by atoms with E-state index in [0.29, 0.717) is 5.56 Å². The molecule has 1 atom stereocenters. The number of para-hydroxylation sites is 1. The predicted octanol–water partition coefficient (Wildman–Crippen LogP) is 3.36. The lowest BCUT2D eigenvalue weighted by atomic mass is 10.1. The molecule has 128 valence electrons. The maximum atomic E-state index is 12.8. The van der Waals surface area contributed by atoms with Gasteiger partial charge in [0.1, 0.15) is 5.82 Å². The third-order valence-electron chi connectivity index (χ3n) is 4.10. The van der Waals surface area contributed by atoms with Crippen molar-refractivity contribution in [2.45, 2.75) is 19.4 Å². The Morgan fingerprint density at radius 2 is 1.92 bits per heavy atom. The average Bonchev–Trinajstić information content (AvgIpc) is 2.95. The van der Waals surface area contributed by atoms with Gasteiger partial charge in [0.2, 0.25) is 0 Å². The Hall–Kier alpha value is -2.95. The second-order valence-electron chi connectivity index (χ2n) is 5.94. The van der Waals surface area contributed by atoms with Crippen LogP contribution >= 0.6 is 0 Å². The molecule has 25 heavy (non-hydrogen) atoms. The van der Waals surface area contributed by atoms with Crippen LogP contribution in [0, 0.1) is 5.82 Å². The lowest BCUT2D eigenvalue weighted by molar-refractivity contribution is -0.143. The molecule has 0 aliphatic carbocycles. The first-order chi connectivity index (χ1) is 12.0. The number of rotatable bonds is 4. The van der Waals surface area contributed by atoms with Crippen molar-refractivity contribution in [2.24, 2.45) is 0 Å². The summed E-state index contributed by atoms with van der Waals surface area (Å²) in [5.74, 6) is -1.20. The van der Waals surface area contributed by atoms with E-state index >= 15 is 0 Å². The van der Waals surface area contributed by atoms with Crippen LogP contribution in [-0.2, 0) is 20.7 Å². The number of ether oxygens (including phenoxy) is 1. The lowest BCUT2D eigenvalue weighted by Crippen LogP contribution is -2.38. The van der Waals surface area contributed by atoms with Gasteiger partial charge in [-0.05, 0) is 48.7 Å². The maximum absolute atomic E-state index is 12.8. The van der Waals surface area contributed by atoms with Crippen molar-refractivity contribution in [2.75, 3.05) is 11.5 Å². The molecular formula is C20H18FNO3. The van der Waals surface area contributed by atoms with Gasteiger partial charge in [-0.3, -0.25) is 4.79 Å². The number of amides is 1.